The van der Waals surface area contributed by atoms with Gasteiger partial charge < -0.3 is 4.48 Å². The molecule has 1 rings (SSSR count). The Labute approximate surface area is 172 Å². The number of aromatic nitrogens is 1. The van der Waals surface area contributed by atoms with Crippen LogP contribution in [0.15, 0.2) is 16.9 Å². The smallest absolute Gasteiger partial charge is 0.325 e. The van der Waals surface area contributed by atoms with Crippen LogP contribution in [0.3, 0.4) is 0 Å². The molecule has 0 bridgehead atoms. The van der Waals surface area contributed by atoms with Crippen molar-refractivity contribution in [2.75, 3.05) is 68.7 Å². The van der Waals surface area contributed by atoms with Crippen LogP contribution in [-0.4, -0.2) is 92.0 Å². The highest BCUT2D eigenvalue weighted by Crippen LogP contribution is 2.25. The van der Waals surface area contributed by atoms with Crippen molar-refractivity contribution in [3.05, 3.63) is 37.7 Å². The summed E-state index contributed by atoms with van der Waals surface area (Å²) in [7, 11) is 16.6. The molecule has 0 spiro atoms. The number of hydrogen-bond donors (Lipinski definition) is 0. The van der Waals surface area contributed by atoms with Gasteiger partial charge in [0.15, 0.2) is 0 Å². The second kappa shape index (κ2) is 9.00. The van der Waals surface area contributed by atoms with E-state index in [2.05, 4.69) is 40.6 Å². The molecule has 0 N–H and O–H groups in total. The quantitative estimate of drug-likeness (QED) is 0.254. The Balaban J connectivity index is 2.69. The number of rotatable bonds is 10. The molecule has 0 saturated heterocycles. The average molecular weight is 419 g/mol. The largest absolute Gasteiger partial charge is 0.367 e. The van der Waals surface area contributed by atoms with Crippen LogP contribution in [0, 0.1) is 10.1 Å². The molecule has 0 fully saturated rings. The van der Waals surface area contributed by atoms with E-state index >= 15 is 0 Å². The van der Waals surface area contributed by atoms with Crippen LogP contribution in [0.4, 0.5) is 0 Å². The molecule has 1 aromatic rings. The summed E-state index contributed by atoms with van der Waals surface area (Å²) in [5, 5.41) is 14.7. The zero-order valence-electron chi connectivity index (χ0n) is 18.3. The minimum atomic E-state index is -0.267. The summed E-state index contributed by atoms with van der Waals surface area (Å²) in [4.78, 5) is 15.8. The summed E-state index contributed by atoms with van der Waals surface area (Å²) in [5.41, 5.74) is 1.37. The Bertz CT molecular complexity index is 685. The van der Waals surface area contributed by atoms with E-state index in [1.165, 1.54) is 5.01 Å². The molecule has 0 radical (unpaired) electrons. The van der Waals surface area contributed by atoms with Gasteiger partial charge in [0, 0.05) is 23.8 Å². The molecular weight excluding hydrogens is 382 g/mol. The highest BCUT2D eigenvalue weighted by molar-refractivity contribution is 7.98. The normalized spacial score (nSPS) is 14.3. The van der Waals surface area contributed by atoms with Crippen LogP contribution in [0.2, 0.25) is 0 Å². The lowest BCUT2D eigenvalue weighted by atomic mass is 10.3. The third-order valence-corrected chi connectivity index (χ3v) is 5.91. The zero-order valence-corrected chi connectivity index (χ0v) is 19.9. The molecule has 154 valence electrons. The maximum Gasteiger partial charge on any atom is 0.367 e. The number of nitrogens with zero attached hydrogens (tertiary/aromatic N) is 5. The molecule has 9 heteroatoms. The lowest BCUT2D eigenvalue weighted by molar-refractivity contribution is -1.01. The first-order valence-electron chi connectivity index (χ1n) is 8.96. The monoisotopic (exact) mass is 418 g/mol. The highest BCUT2D eigenvalue weighted by Gasteiger charge is 2.41. The second-order valence-corrected chi connectivity index (χ2v) is 11.4. The Morgan fingerprint density at radius 3 is 2.26 bits per heavy atom. The van der Waals surface area contributed by atoms with E-state index in [1.54, 1.807) is 18.3 Å². The van der Waals surface area contributed by atoms with Gasteiger partial charge in [-0.15, -0.1) is 23.1 Å². The Kier molecular flexibility index (Phi) is 8.01. The summed E-state index contributed by atoms with van der Waals surface area (Å²) in [6, 6.07) is 0. The SMILES string of the molecule is C/C(=C(/[N+](C)(C)C)[N+](C)(C)CCSCc1csc(C[N+](C)(C)C)n1)[N+](=O)[O-]. The molecular formula is C18H36N5O2S2+3. The topological polar surface area (TPSA) is 56.0 Å². The van der Waals surface area contributed by atoms with Crippen molar-refractivity contribution in [1.29, 1.82) is 0 Å². The molecule has 0 aliphatic heterocycles. The molecule has 1 heterocycles. The van der Waals surface area contributed by atoms with Gasteiger partial charge >= 0.3 is 11.5 Å². The van der Waals surface area contributed by atoms with Crippen LogP contribution in [0.1, 0.15) is 17.6 Å². The van der Waals surface area contributed by atoms with Crippen molar-refractivity contribution in [1.82, 2.24) is 4.98 Å². The molecule has 7 nitrogen and oxygen atoms in total. The van der Waals surface area contributed by atoms with E-state index in [-0.39, 0.29) is 10.6 Å². The molecule has 0 atom stereocenters. The van der Waals surface area contributed by atoms with Crippen LogP contribution < -0.4 is 0 Å². The predicted octanol–water partition coefficient (Wildman–Crippen LogP) is 2.83. The van der Waals surface area contributed by atoms with Gasteiger partial charge in [0.2, 0.25) is 0 Å². The van der Waals surface area contributed by atoms with Crippen LogP contribution >= 0.6 is 23.1 Å². The first-order chi connectivity index (χ1) is 12.1. The standard InChI is InChI=1S/C18H36N5O2S2/c1-15(20(24)25)18(22(5,6)7)23(8,9)10-11-26-13-16-14-27-17(19-16)12-21(2,3)4/h14H,10-13H2,1-9H3/q+3/b18-15+. The molecule has 0 aliphatic carbocycles. The van der Waals surface area contributed by atoms with Crippen LogP contribution in [0.5, 0.6) is 0 Å². The Hall–Kier alpha value is -1.00. The van der Waals surface area contributed by atoms with Crippen molar-refractivity contribution in [2.45, 2.75) is 19.2 Å². The van der Waals surface area contributed by atoms with Gasteiger partial charge in [-0.1, -0.05) is 0 Å². The average Bonchev–Trinajstić information content (AvgIpc) is 2.86. The number of thioether (sulfide) groups is 1. The number of hydrogen-bond acceptors (Lipinski definition) is 5. The summed E-state index contributed by atoms with van der Waals surface area (Å²) in [6.45, 7) is 3.38. The predicted molar refractivity (Wildman–Crippen MR) is 115 cm³/mol. The van der Waals surface area contributed by atoms with E-state index in [0.29, 0.717) is 8.97 Å². The Morgan fingerprint density at radius 2 is 1.78 bits per heavy atom. The minimum Gasteiger partial charge on any atom is -0.325 e. The molecule has 1 aromatic heterocycles. The Morgan fingerprint density at radius 1 is 1.19 bits per heavy atom. The van der Waals surface area contributed by atoms with Gasteiger partial charge in [-0.2, -0.15) is 0 Å². The number of allylic oxidation sites excluding steroid dienone is 1. The molecule has 0 unspecified atom stereocenters. The van der Waals surface area contributed by atoms with Crippen LogP contribution in [0.25, 0.3) is 0 Å². The third kappa shape index (κ3) is 7.87. The molecule has 0 aromatic carbocycles. The van der Waals surface area contributed by atoms with E-state index in [1.807, 2.05) is 32.9 Å². The molecule has 0 aliphatic rings. The summed E-state index contributed by atoms with van der Waals surface area (Å²) in [5.74, 6) is 2.62. The van der Waals surface area contributed by atoms with Gasteiger partial charge in [-0.3, -0.25) is 10.1 Å². The first-order valence-corrected chi connectivity index (χ1v) is 11.0. The van der Waals surface area contributed by atoms with Crippen molar-refractivity contribution < 1.29 is 18.4 Å². The summed E-state index contributed by atoms with van der Waals surface area (Å²) >= 11 is 3.56. The lowest BCUT2D eigenvalue weighted by Crippen LogP contribution is -2.53. The van der Waals surface area contributed by atoms with Gasteiger partial charge in [-0.25, -0.2) is 14.0 Å². The van der Waals surface area contributed by atoms with Crippen molar-refractivity contribution in [3.8, 4) is 0 Å². The molecule has 0 saturated carbocycles. The molecule has 27 heavy (non-hydrogen) atoms. The van der Waals surface area contributed by atoms with E-state index in [9.17, 15) is 10.1 Å². The fraction of sp³-hybridized carbons (Fsp3) is 0.722. The third-order valence-electron chi connectivity index (χ3n) is 4.06. The van der Waals surface area contributed by atoms with Crippen LogP contribution in [-0.2, 0) is 12.3 Å². The van der Waals surface area contributed by atoms with Crippen molar-refractivity contribution >= 4 is 23.1 Å². The number of quaternary nitrogens is 3. The maximum atomic E-state index is 11.4. The summed E-state index contributed by atoms with van der Waals surface area (Å²) < 4.78 is 1.83. The van der Waals surface area contributed by atoms with Gasteiger partial charge in [0.1, 0.15) is 11.6 Å². The fourth-order valence-electron chi connectivity index (χ4n) is 3.29. The van der Waals surface area contributed by atoms with E-state index in [4.69, 9.17) is 4.98 Å². The van der Waals surface area contributed by atoms with Gasteiger partial charge in [-0.05, 0) is 0 Å². The van der Waals surface area contributed by atoms with Gasteiger partial charge in [0.25, 0.3) is 0 Å². The van der Waals surface area contributed by atoms with Crippen molar-refractivity contribution in [3.63, 3.8) is 0 Å². The molecule has 0 amide bonds. The number of nitro groups is 1. The lowest BCUT2D eigenvalue weighted by Gasteiger charge is -2.36. The highest BCUT2D eigenvalue weighted by atomic mass is 32.2. The maximum absolute atomic E-state index is 11.4. The summed E-state index contributed by atoms with van der Waals surface area (Å²) in [6.07, 6.45) is 0. The van der Waals surface area contributed by atoms with E-state index in [0.717, 1.165) is 40.6 Å². The number of thiazole rings is 1. The van der Waals surface area contributed by atoms with E-state index < -0.39 is 0 Å². The van der Waals surface area contributed by atoms with Crippen molar-refractivity contribution in [2.24, 2.45) is 0 Å². The van der Waals surface area contributed by atoms with Gasteiger partial charge in [0.05, 0.1) is 73.5 Å². The fourth-order valence-corrected chi connectivity index (χ4v) is 5.52. The first kappa shape index (κ1) is 24.0. The zero-order chi connectivity index (χ0) is 21.0. The second-order valence-electron chi connectivity index (χ2n) is 9.32. The minimum absolute atomic E-state index is 0.238.